The van der Waals surface area contributed by atoms with Crippen LogP contribution in [0.25, 0.3) is 10.8 Å². The molecule has 1 aromatic carbocycles. The number of fused-ring (bicyclic) bond motifs is 1. The average Bonchev–Trinajstić information content (AvgIpc) is 2.79. The molecule has 1 fully saturated rings. The van der Waals surface area contributed by atoms with Crippen LogP contribution in [-0.2, 0) is 4.79 Å². The molecular formula is C20H21N7O3. The van der Waals surface area contributed by atoms with Crippen molar-refractivity contribution in [3.8, 4) is 0 Å². The summed E-state index contributed by atoms with van der Waals surface area (Å²) in [6.07, 6.45) is 6.84. The largest absolute Gasteiger partial charge is 0.384 e. The van der Waals surface area contributed by atoms with Crippen molar-refractivity contribution in [1.29, 1.82) is 0 Å². The highest BCUT2D eigenvalue weighted by atomic mass is 16.6. The predicted molar refractivity (Wildman–Crippen MR) is 112 cm³/mol. The molecule has 30 heavy (non-hydrogen) atoms. The number of nitro benzene ring substituents is 1. The van der Waals surface area contributed by atoms with Crippen molar-refractivity contribution in [2.45, 2.75) is 6.42 Å². The van der Waals surface area contributed by atoms with E-state index in [1.54, 1.807) is 36.8 Å². The van der Waals surface area contributed by atoms with E-state index < -0.39 is 4.92 Å². The van der Waals surface area contributed by atoms with Gasteiger partial charge in [-0.1, -0.05) is 0 Å². The Hall–Kier alpha value is -3.82. The van der Waals surface area contributed by atoms with Crippen LogP contribution < -0.4 is 10.2 Å². The number of amides is 1. The summed E-state index contributed by atoms with van der Waals surface area (Å²) in [5.74, 6) is 0.759. The molecule has 10 heteroatoms. The number of nitrogens with zero attached hydrogens (tertiary/aromatic N) is 6. The van der Waals surface area contributed by atoms with Crippen LogP contribution >= 0.6 is 0 Å². The molecule has 1 saturated heterocycles. The first kappa shape index (κ1) is 19.5. The lowest BCUT2D eigenvalue weighted by molar-refractivity contribution is -0.383. The zero-order chi connectivity index (χ0) is 20.9. The molecule has 154 valence electrons. The van der Waals surface area contributed by atoms with Gasteiger partial charge in [-0.25, -0.2) is 9.97 Å². The maximum Gasteiger partial charge on any atom is 0.278 e. The van der Waals surface area contributed by atoms with Gasteiger partial charge in [0.25, 0.3) is 5.69 Å². The second kappa shape index (κ2) is 8.68. The topological polar surface area (TPSA) is 117 Å². The summed E-state index contributed by atoms with van der Waals surface area (Å²) in [5, 5.41) is 15.6. The van der Waals surface area contributed by atoms with Gasteiger partial charge in [0.2, 0.25) is 11.9 Å². The van der Waals surface area contributed by atoms with E-state index in [-0.39, 0.29) is 11.6 Å². The molecule has 0 atom stereocenters. The molecule has 0 saturated carbocycles. The summed E-state index contributed by atoms with van der Waals surface area (Å²) in [6.45, 7) is 3.09. The fourth-order valence-corrected chi connectivity index (χ4v) is 3.56. The number of nitro groups is 1. The van der Waals surface area contributed by atoms with E-state index in [1.165, 1.54) is 12.3 Å². The molecule has 1 aliphatic rings. The van der Waals surface area contributed by atoms with Crippen molar-refractivity contribution in [3.63, 3.8) is 0 Å². The average molecular weight is 407 g/mol. The van der Waals surface area contributed by atoms with Crippen LogP contribution in [0, 0.1) is 10.1 Å². The monoisotopic (exact) mass is 407 g/mol. The second-order valence-corrected chi connectivity index (χ2v) is 6.90. The zero-order valence-corrected chi connectivity index (χ0v) is 16.3. The Morgan fingerprint density at radius 2 is 1.83 bits per heavy atom. The minimum absolute atomic E-state index is 0.0139. The number of nitrogens with one attached hydrogen (secondary N) is 1. The van der Waals surface area contributed by atoms with Crippen LogP contribution in [0.4, 0.5) is 17.3 Å². The van der Waals surface area contributed by atoms with E-state index in [9.17, 15) is 14.9 Å². The standard InChI is InChI=1S/C20H21N7O3/c28-19(25-10-12-26(13-11-25)20-23-6-1-7-24-20)5-9-22-17-2-3-18(27(29)30)16-14-21-8-4-15(16)17/h1-4,6-8,14,22H,5,9-13H2. The van der Waals surface area contributed by atoms with E-state index >= 15 is 0 Å². The molecule has 1 N–H and O–H groups in total. The van der Waals surface area contributed by atoms with Gasteiger partial charge >= 0.3 is 0 Å². The summed E-state index contributed by atoms with van der Waals surface area (Å²) >= 11 is 0. The van der Waals surface area contributed by atoms with Crippen molar-refractivity contribution < 1.29 is 9.72 Å². The van der Waals surface area contributed by atoms with Crippen LogP contribution in [0.1, 0.15) is 6.42 Å². The molecule has 0 aliphatic carbocycles. The van der Waals surface area contributed by atoms with Gasteiger partial charge in [0.1, 0.15) is 0 Å². The number of aromatic nitrogens is 3. The summed E-state index contributed by atoms with van der Waals surface area (Å²) in [7, 11) is 0. The van der Waals surface area contributed by atoms with E-state index in [4.69, 9.17) is 0 Å². The van der Waals surface area contributed by atoms with E-state index in [0.29, 0.717) is 55.9 Å². The Morgan fingerprint density at radius 3 is 2.57 bits per heavy atom. The third kappa shape index (κ3) is 4.12. The first-order chi connectivity index (χ1) is 14.6. The Bertz CT molecular complexity index is 1050. The minimum Gasteiger partial charge on any atom is -0.384 e. The fourth-order valence-electron chi connectivity index (χ4n) is 3.56. The number of rotatable bonds is 6. The number of hydrogen-bond acceptors (Lipinski definition) is 8. The number of carbonyl (C=O) groups excluding carboxylic acids is 1. The quantitative estimate of drug-likeness (QED) is 0.487. The first-order valence-corrected chi connectivity index (χ1v) is 9.68. The van der Waals surface area contributed by atoms with Gasteiger partial charge in [0, 0.05) is 81.1 Å². The summed E-state index contributed by atoms with van der Waals surface area (Å²) in [4.78, 5) is 39.8. The number of carbonyl (C=O) groups is 1. The zero-order valence-electron chi connectivity index (χ0n) is 16.3. The molecule has 1 amide bonds. The van der Waals surface area contributed by atoms with Crippen LogP contribution in [0.5, 0.6) is 0 Å². The van der Waals surface area contributed by atoms with Crippen molar-refractivity contribution in [1.82, 2.24) is 19.9 Å². The second-order valence-electron chi connectivity index (χ2n) is 6.90. The normalized spacial score (nSPS) is 14.0. The van der Waals surface area contributed by atoms with Gasteiger partial charge in [0.05, 0.1) is 10.3 Å². The molecular weight excluding hydrogens is 386 g/mol. The van der Waals surface area contributed by atoms with Gasteiger partial charge < -0.3 is 15.1 Å². The van der Waals surface area contributed by atoms with E-state index in [0.717, 1.165) is 5.69 Å². The third-order valence-corrected chi connectivity index (χ3v) is 5.11. The van der Waals surface area contributed by atoms with Crippen LogP contribution in [0.3, 0.4) is 0 Å². The Kier molecular flexibility index (Phi) is 5.64. The molecule has 0 spiro atoms. The summed E-state index contributed by atoms with van der Waals surface area (Å²) in [6, 6.07) is 6.64. The van der Waals surface area contributed by atoms with Crippen LogP contribution in [-0.4, -0.2) is 63.4 Å². The number of hydrogen-bond donors (Lipinski definition) is 1. The van der Waals surface area contributed by atoms with Gasteiger partial charge in [-0.2, -0.15) is 0 Å². The summed E-state index contributed by atoms with van der Waals surface area (Å²) in [5.41, 5.74) is 0.761. The maximum absolute atomic E-state index is 12.6. The van der Waals surface area contributed by atoms with Crippen molar-refractivity contribution in [2.24, 2.45) is 0 Å². The van der Waals surface area contributed by atoms with Gasteiger partial charge in [-0.05, 0) is 18.2 Å². The highest BCUT2D eigenvalue weighted by Crippen LogP contribution is 2.30. The highest BCUT2D eigenvalue weighted by molar-refractivity contribution is 5.99. The Balaban J connectivity index is 1.32. The molecule has 3 heterocycles. The number of piperazine rings is 1. The summed E-state index contributed by atoms with van der Waals surface area (Å²) < 4.78 is 0. The lowest BCUT2D eigenvalue weighted by Gasteiger charge is -2.34. The van der Waals surface area contributed by atoms with Crippen molar-refractivity contribution in [2.75, 3.05) is 42.9 Å². The van der Waals surface area contributed by atoms with Crippen molar-refractivity contribution >= 4 is 34.0 Å². The van der Waals surface area contributed by atoms with Gasteiger partial charge in [-0.3, -0.25) is 19.9 Å². The minimum atomic E-state index is -0.419. The molecule has 1 aliphatic heterocycles. The van der Waals surface area contributed by atoms with Crippen LogP contribution in [0.15, 0.2) is 49.1 Å². The molecule has 2 aromatic heterocycles. The molecule has 10 nitrogen and oxygen atoms in total. The SMILES string of the molecule is O=C(CCNc1ccc([N+](=O)[O-])c2cnccc12)N1CCN(c2ncccn2)CC1. The molecule has 3 aromatic rings. The highest BCUT2D eigenvalue weighted by Gasteiger charge is 2.22. The van der Waals surface area contributed by atoms with Crippen molar-refractivity contribution in [3.05, 3.63) is 59.2 Å². The Morgan fingerprint density at radius 1 is 1.07 bits per heavy atom. The van der Waals surface area contributed by atoms with Gasteiger partial charge in [0.15, 0.2) is 0 Å². The fraction of sp³-hybridized carbons (Fsp3) is 0.300. The lowest BCUT2D eigenvalue weighted by atomic mass is 10.1. The first-order valence-electron chi connectivity index (χ1n) is 9.68. The number of benzene rings is 1. The Labute approximate surface area is 172 Å². The lowest BCUT2D eigenvalue weighted by Crippen LogP contribution is -2.49. The number of anilines is 2. The molecule has 0 radical (unpaired) electrons. The number of non-ortho nitro benzene ring substituents is 1. The third-order valence-electron chi connectivity index (χ3n) is 5.11. The molecule has 0 unspecified atom stereocenters. The number of pyridine rings is 1. The van der Waals surface area contributed by atoms with E-state index in [1.807, 2.05) is 4.90 Å². The van der Waals surface area contributed by atoms with Crippen LogP contribution in [0.2, 0.25) is 0 Å². The molecule has 4 rings (SSSR count). The maximum atomic E-state index is 12.6. The molecule has 0 bridgehead atoms. The predicted octanol–water partition coefficient (Wildman–Crippen LogP) is 2.08. The van der Waals surface area contributed by atoms with Gasteiger partial charge in [-0.15, -0.1) is 0 Å². The smallest absolute Gasteiger partial charge is 0.278 e. The van der Waals surface area contributed by atoms with E-state index in [2.05, 4.69) is 25.2 Å².